The molecule has 0 saturated heterocycles. The Morgan fingerprint density at radius 1 is 1.00 bits per heavy atom. The predicted octanol–water partition coefficient (Wildman–Crippen LogP) is 1.68. The first-order chi connectivity index (χ1) is 4.72. The average Bonchev–Trinajstić information content (AvgIpc) is 1.85. The summed E-state index contributed by atoms with van der Waals surface area (Å²) < 4.78 is 1.53. The Kier molecular flexibility index (Phi) is 2.54. The molecule has 0 radical (unpaired) electrons. The number of rotatable bonds is 1. The van der Waals surface area contributed by atoms with E-state index in [-0.39, 0.29) is 0 Å². The Bertz CT molecular complexity index is 208. The van der Waals surface area contributed by atoms with Gasteiger partial charge in [-0.2, -0.15) is 0 Å². The summed E-state index contributed by atoms with van der Waals surface area (Å²) in [5.74, 6) is 2.27. The average molecular weight is 147 g/mol. The van der Waals surface area contributed by atoms with Gasteiger partial charge in [-0.25, -0.2) is 0 Å². The third-order valence-electron chi connectivity index (χ3n) is 1.58. The second-order valence-corrected chi connectivity index (χ2v) is 3.95. The molecule has 1 rings (SSSR count). The molecule has 0 aliphatic rings. The van der Waals surface area contributed by atoms with Crippen LogP contribution in [0.15, 0.2) is 18.2 Å². The SMILES string of the molecule is [CH3][Al+][c]1cc(C)cc(C)c1. The van der Waals surface area contributed by atoms with Gasteiger partial charge in [0.1, 0.15) is 0 Å². The van der Waals surface area contributed by atoms with Gasteiger partial charge in [-0.1, -0.05) is 0 Å². The van der Waals surface area contributed by atoms with E-state index in [0.717, 1.165) is 0 Å². The van der Waals surface area contributed by atoms with E-state index in [2.05, 4.69) is 37.8 Å². The zero-order valence-electron chi connectivity index (χ0n) is 6.81. The molecule has 0 bridgehead atoms. The molecule has 0 aliphatic carbocycles. The van der Waals surface area contributed by atoms with Gasteiger partial charge in [0.2, 0.25) is 0 Å². The first-order valence-electron chi connectivity index (χ1n) is 3.60. The molecule has 0 aliphatic heterocycles. The van der Waals surface area contributed by atoms with Crippen molar-refractivity contribution in [2.75, 3.05) is 0 Å². The van der Waals surface area contributed by atoms with Crippen molar-refractivity contribution in [3.8, 4) is 0 Å². The third kappa shape index (κ3) is 1.87. The van der Waals surface area contributed by atoms with Gasteiger partial charge in [0, 0.05) is 0 Å². The third-order valence-corrected chi connectivity index (χ3v) is 2.58. The van der Waals surface area contributed by atoms with E-state index < -0.39 is 0 Å². The van der Waals surface area contributed by atoms with Crippen molar-refractivity contribution in [1.29, 1.82) is 0 Å². The van der Waals surface area contributed by atoms with E-state index in [1.807, 2.05) is 0 Å². The van der Waals surface area contributed by atoms with Crippen molar-refractivity contribution < 1.29 is 0 Å². The minimum atomic E-state index is 0.486. The Balaban J connectivity index is 3.06. The van der Waals surface area contributed by atoms with Gasteiger partial charge in [-0.15, -0.1) is 0 Å². The van der Waals surface area contributed by atoms with Crippen LogP contribution < -0.4 is 4.43 Å². The van der Waals surface area contributed by atoms with Crippen LogP contribution in [-0.4, -0.2) is 15.2 Å². The van der Waals surface area contributed by atoms with Gasteiger partial charge in [0.15, 0.2) is 0 Å². The molecule has 1 heteroatoms. The first kappa shape index (κ1) is 7.86. The maximum absolute atomic E-state index is 2.28. The molecule has 1 aromatic carbocycles. The van der Waals surface area contributed by atoms with Gasteiger partial charge in [-0.05, 0) is 0 Å². The summed E-state index contributed by atoms with van der Waals surface area (Å²) in [5, 5.41) is 0. The van der Waals surface area contributed by atoms with E-state index in [9.17, 15) is 0 Å². The van der Waals surface area contributed by atoms with E-state index in [0.29, 0.717) is 15.2 Å². The molecule has 0 nitrogen and oxygen atoms in total. The zero-order valence-corrected chi connectivity index (χ0v) is 7.96. The van der Waals surface area contributed by atoms with Crippen LogP contribution in [0.3, 0.4) is 0 Å². The molecule has 0 N–H and O–H groups in total. The van der Waals surface area contributed by atoms with Crippen LogP contribution >= 0.6 is 0 Å². The number of hydrogen-bond donors (Lipinski definition) is 0. The van der Waals surface area contributed by atoms with Crippen molar-refractivity contribution in [2.45, 2.75) is 19.6 Å². The van der Waals surface area contributed by atoms with Gasteiger partial charge < -0.3 is 0 Å². The first-order valence-corrected chi connectivity index (χ1v) is 5.33. The molecule has 0 spiro atoms. The fourth-order valence-electron chi connectivity index (χ4n) is 1.18. The topological polar surface area (TPSA) is 0 Å². The van der Waals surface area contributed by atoms with Gasteiger partial charge >= 0.3 is 68.6 Å². The van der Waals surface area contributed by atoms with Crippen molar-refractivity contribution in [3.63, 3.8) is 0 Å². The summed E-state index contributed by atoms with van der Waals surface area (Å²) in [7, 11) is 0. The molecule has 0 saturated carbocycles. The van der Waals surface area contributed by atoms with Crippen LogP contribution in [0, 0.1) is 13.8 Å². The molecule has 0 fully saturated rings. The molecule has 50 valence electrons. The van der Waals surface area contributed by atoms with Crippen molar-refractivity contribution >= 4 is 19.6 Å². The minimum absolute atomic E-state index is 0.486. The fraction of sp³-hybridized carbons (Fsp3) is 0.333. The Morgan fingerprint density at radius 2 is 1.50 bits per heavy atom. The van der Waals surface area contributed by atoms with E-state index in [4.69, 9.17) is 0 Å². The molecular weight excluding hydrogens is 135 g/mol. The molecule has 0 amide bonds. The standard InChI is InChI=1S/C8H9.CH3.Al/c1-7-4-3-5-8(2)6-7;;/h4-6H,1-2H3;1H3;/q;;+1. The molecular formula is C9H12Al+. The van der Waals surface area contributed by atoms with Crippen molar-refractivity contribution in [2.24, 2.45) is 0 Å². The quantitative estimate of drug-likeness (QED) is 0.530. The molecule has 0 aromatic heterocycles. The van der Waals surface area contributed by atoms with Crippen LogP contribution in [0.1, 0.15) is 11.1 Å². The Hall–Kier alpha value is -0.248. The predicted molar refractivity (Wildman–Crippen MR) is 47.2 cm³/mol. The molecule has 0 atom stereocenters. The van der Waals surface area contributed by atoms with Crippen LogP contribution in [0.5, 0.6) is 0 Å². The van der Waals surface area contributed by atoms with Crippen molar-refractivity contribution in [1.82, 2.24) is 0 Å². The molecule has 10 heavy (non-hydrogen) atoms. The number of hydrogen-bond acceptors (Lipinski definition) is 0. The summed E-state index contributed by atoms with van der Waals surface area (Å²) in [4.78, 5) is 0. The molecule has 0 heterocycles. The Morgan fingerprint density at radius 3 is 1.90 bits per heavy atom. The summed E-state index contributed by atoms with van der Waals surface area (Å²) >= 11 is 0.486. The normalized spacial score (nSPS) is 9.10. The summed E-state index contributed by atoms with van der Waals surface area (Å²) in [6.07, 6.45) is 0. The van der Waals surface area contributed by atoms with Gasteiger partial charge in [0.05, 0.1) is 0 Å². The van der Waals surface area contributed by atoms with Crippen LogP contribution in [0.2, 0.25) is 5.79 Å². The second kappa shape index (κ2) is 3.23. The van der Waals surface area contributed by atoms with Gasteiger partial charge in [-0.3, -0.25) is 0 Å². The molecule has 0 unspecified atom stereocenters. The maximum atomic E-state index is 2.28. The molecule has 1 aromatic rings. The van der Waals surface area contributed by atoms with Crippen LogP contribution in [0.25, 0.3) is 0 Å². The Labute approximate surface area is 69.0 Å². The summed E-state index contributed by atoms with van der Waals surface area (Å²) in [6, 6.07) is 6.78. The van der Waals surface area contributed by atoms with Crippen LogP contribution in [-0.2, 0) is 0 Å². The van der Waals surface area contributed by atoms with Gasteiger partial charge in [0.25, 0.3) is 0 Å². The van der Waals surface area contributed by atoms with E-state index in [1.165, 1.54) is 15.6 Å². The van der Waals surface area contributed by atoms with Crippen molar-refractivity contribution in [3.05, 3.63) is 29.3 Å². The number of benzene rings is 1. The number of aryl methyl sites for hydroxylation is 2. The zero-order chi connectivity index (χ0) is 7.56. The fourth-order valence-corrected chi connectivity index (χ4v) is 2.04. The second-order valence-electron chi connectivity index (χ2n) is 2.71. The monoisotopic (exact) mass is 147 g/mol. The summed E-state index contributed by atoms with van der Waals surface area (Å²) in [5.41, 5.74) is 2.79. The summed E-state index contributed by atoms with van der Waals surface area (Å²) in [6.45, 7) is 4.32. The van der Waals surface area contributed by atoms with E-state index in [1.54, 1.807) is 0 Å². The van der Waals surface area contributed by atoms with Crippen LogP contribution in [0.4, 0.5) is 0 Å². The van der Waals surface area contributed by atoms with E-state index >= 15 is 0 Å².